The highest BCUT2D eigenvalue weighted by molar-refractivity contribution is 9.08. The largest absolute Gasteiger partial charge is 0.0876 e. The number of halogens is 2. The molecule has 0 radical (unpaired) electrons. The van der Waals surface area contributed by atoms with Crippen LogP contribution in [0, 0.1) is 0 Å². The smallest absolute Gasteiger partial charge is 0.0863 e. The first-order valence-corrected chi connectivity index (χ1v) is 11.2. The summed E-state index contributed by atoms with van der Waals surface area (Å²) in [7, 11) is -1.45. The topological polar surface area (TPSA) is 0 Å². The molecule has 0 N–H and O–H groups in total. The second-order valence-electron chi connectivity index (χ2n) is 6.13. The Morgan fingerprint density at radius 2 is 1.65 bits per heavy atom. The molecule has 0 nitrogen and oxygen atoms in total. The lowest BCUT2D eigenvalue weighted by molar-refractivity contribution is 0.729. The third kappa shape index (κ3) is 3.24. The van der Waals surface area contributed by atoms with E-state index < -0.39 is 8.07 Å². The van der Waals surface area contributed by atoms with Crippen molar-refractivity contribution in [3.8, 4) is 0 Å². The van der Waals surface area contributed by atoms with E-state index in [0.717, 1.165) is 10.7 Å². The zero-order chi connectivity index (χ0) is 13.3. The number of alkyl halides is 2. The van der Waals surface area contributed by atoms with E-state index in [0.29, 0.717) is 5.04 Å². The van der Waals surface area contributed by atoms with E-state index in [1.54, 1.807) is 5.19 Å². The van der Waals surface area contributed by atoms with Crippen LogP contribution in [0.25, 0.3) is 0 Å². The molecule has 0 fully saturated rings. The molecule has 0 aromatic heterocycles. The van der Waals surface area contributed by atoms with Gasteiger partial charge in [0, 0.05) is 10.7 Å². The van der Waals surface area contributed by atoms with Crippen LogP contribution < -0.4 is 5.19 Å². The van der Waals surface area contributed by atoms with Gasteiger partial charge >= 0.3 is 0 Å². The molecule has 0 aliphatic heterocycles. The summed E-state index contributed by atoms with van der Waals surface area (Å²) in [5, 5.41) is 3.88. The van der Waals surface area contributed by atoms with E-state index >= 15 is 0 Å². The molecule has 1 aromatic carbocycles. The standard InChI is InChI=1S/C14H22Br2Si/c1-14(2,3)17(4,5)13-8-11(9-15)6-7-12(13)10-16/h6-8H,9-10H2,1-5H3. The quantitative estimate of drug-likeness (QED) is 0.502. The summed E-state index contributed by atoms with van der Waals surface area (Å²) in [5.74, 6) is 0. The molecule has 1 aromatic rings. The predicted octanol–water partition coefficient (Wildman–Crippen LogP) is 5.19. The van der Waals surface area contributed by atoms with E-state index in [1.165, 1.54) is 11.1 Å². The summed E-state index contributed by atoms with van der Waals surface area (Å²) in [5.41, 5.74) is 2.84. The van der Waals surface area contributed by atoms with Crippen LogP contribution in [-0.4, -0.2) is 8.07 Å². The zero-order valence-corrected chi connectivity index (χ0v) is 15.6. The normalized spacial score (nSPS) is 12.9. The van der Waals surface area contributed by atoms with E-state index in [4.69, 9.17) is 0 Å². The summed E-state index contributed by atoms with van der Waals surface area (Å²) >= 11 is 7.18. The van der Waals surface area contributed by atoms with Crippen molar-refractivity contribution in [2.45, 2.75) is 49.6 Å². The average molecular weight is 378 g/mol. The minimum atomic E-state index is -1.45. The van der Waals surface area contributed by atoms with Gasteiger partial charge in [-0.3, -0.25) is 0 Å². The number of hydrogen-bond donors (Lipinski definition) is 0. The van der Waals surface area contributed by atoms with Crippen molar-refractivity contribution in [2.24, 2.45) is 0 Å². The highest BCUT2D eigenvalue weighted by atomic mass is 79.9. The summed E-state index contributed by atoms with van der Waals surface area (Å²) in [6, 6.07) is 6.91. The van der Waals surface area contributed by atoms with E-state index in [-0.39, 0.29) is 0 Å². The molecule has 0 unspecified atom stereocenters. The van der Waals surface area contributed by atoms with Gasteiger partial charge in [0.2, 0.25) is 0 Å². The molecule has 0 amide bonds. The van der Waals surface area contributed by atoms with Crippen molar-refractivity contribution >= 4 is 45.1 Å². The van der Waals surface area contributed by atoms with E-state index in [2.05, 4.69) is 83.9 Å². The van der Waals surface area contributed by atoms with Crippen molar-refractivity contribution in [1.29, 1.82) is 0 Å². The molecule has 0 saturated heterocycles. The maximum Gasteiger partial charge on any atom is 0.0863 e. The van der Waals surface area contributed by atoms with Crippen LogP contribution in [0.4, 0.5) is 0 Å². The number of rotatable bonds is 3. The van der Waals surface area contributed by atoms with Gasteiger partial charge in [0.05, 0.1) is 8.07 Å². The van der Waals surface area contributed by atoms with Crippen molar-refractivity contribution in [3.05, 3.63) is 29.3 Å². The minimum absolute atomic E-state index is 0.384. The van der Waals surface area contributed by atoms with Crippen molar-refractivity contribution < 1.29 is 0 Å². The molecule has 3 heteroatoms. The van der Waals surface area contributed by atoms with Gasteiger partial charge in [-0.05, 0) is 16.2 Å². The zero-order valence-electron chi connectivity index (χ0n) is 11.4. The fraction of sp³-hybridized carbons (Fsp3) is 0.571. The lowest BCUT2D eigenvalue weighted by Gasteiger charge is -2.38. The van der Waals surface area contributed by atoms with Crippen LogP contribution in [-0.2, 0) is 10.7 Å². The first-order chi connectivity index (χ1) is 7.74. The van der Waals surface area contributed by atoms with Crippen molar-refractivity contribution in [3.63, 3.8) is 0 Å². The van der Waals surface area contributed by atoms with Gasteiger partial charge in [0.25, 0.3) is 0 Å². The van der Waals surface area contributed by atoms with Crippen LogP contribution in [0.5, 0.6) is 0 Å². The molecule has 0 spiro atoms. The fourth-order valence-corrected chi connectivity index (χ4v) is 5.23. The maximum absolute atomic E-state index is 3.62. The maximum atomic E-state index is 3.62. The molecule has 0 saturated carbocycles. The van der Waals surface area contributed by atoms with Gasteiger partial charge < -0.3 is 0 Å². The number of benzene rings is 1. The summed E-state index contributed by atoms with van der Waals surface area (Å²) in [4.78, 5) is 0. The molecule has 17 heavy (non-hydrogen) atoms. The molecule has 0 heterocycles. The Kier molecular flexibility index (Phi) is 5.07. The van der Waals surface area contributed by atoms with Crippen molar-refractivity contribution in [2.75, 3.05) is 0 Å². The van der Waals surface area contributed by atoms with Gasteiger partial charge in [-0.25, -0.2) is 0 Å². The van der Waals surface area contributed by atoms with Crippen molar-refractivity contribution in [1.82, 2.24) is 0 Å². The monoisotopic (exact) mass is 376 g/mol. The Hall–Kier alpha value is 0.397. The van der Waals surface area contributed by atoms with Crippen LogP contribution >= 0.6 is 31.9 Å². The lowest BCUT2D eigenvalue weighted by Crippen LogP contribution is -2.51. The Bertz CT molecular complexity index is 392. The summed E-state index contributed by atoms with van der Waals surface area (Å²) in [6.07, 6.45) is 0. The first-order valence-electron chi connectivity index (χ1n) is 5.98. The fourth-order valence-electron chi connectivity index (χ4n) is 1.81. The van der Waals surface area contributed by atoms with Gasteiger partial charge in [0.1, 0.15) is 0 Å². The molecule has 0 aliphatic rings. The van der Waals surface area contributed by atoms with Gasteiger partial charge in [0.15, 0.2) is 0 Å². The third-order valence-electron chi connectivity index (χ3n) is 4.02. The molecular weight excluding hydrogens is 356 g/mol. The Morgan fingerprint density at radius 3 is 2.06 bits per heavy atom. The van der Waals surface area contributed by atoms with Gasteiger partial charge in [-0.2, -0.15) is 0 Å². The lowest BCUT2D eigenvalue weighted by atomic mass is 10.2. The second kappa shape index (κ2) is 5.58. The highest BCUT2D eigenvalue weighted by Crippen LogP contribution is 2.36. The molecule has 0 aliphatic carbocycles. The molecular formula is C14H22Br2Si. The average Bonchev–Trinajstić information content (AvgIpc) is 2.26. The molecule has 96 valence electrons. The molecule has 0 atom stereocenters. The highest BCUT2D eigenvalue weighted by Gasteiger charge is 2.38. The van der Waals surface area contributed by atoms with Crippen LogP contribution in [0.2, 0.25) is 18.1 Å². The van der Waals surface area contributed by atoms with Crippen LogP contribution in [0.1, 0.15) is 31.9 Å². The summed E-state index contributed by atoms with van der Waals surface area (Å²) < 4.78 is 0. The Balaban J connectivity index is 3.37. The molecule has 1 rings (SSSR count). The molecule has 0 bridgehead atoms. The Labute approximate surface area is 123 Å². The number of hydrogen-bond acceptors (Lipinski definition) is 0. The second-order valence-corrected chi connectivity index (χ2v) is 12.5. The van der Waals surface area contributed by atoms with E-state index in [9.17, 15) is 0 Å². The third-order valence-corrected chi connectivity index (χ3v) is 10.8. The van der Waals surface area contributed by atoms with Crippen LogP contribution in [0.3, 0.4) is 0 Å². The SMILES string of the molecule is CC(C)(C)[Si](C)(C)c1cc(CBr)ccc1CBr. The summed E-state index contributed by atoms with van der Waals surface area (Å²) in [6.45, 7) is 12.1. The van der Waals surface area contributed by atoms with Gasteiger partial charge in [-0.1, -0.05) is 89.1 Å². The predicted molar refractivity (Wildman–Crippen MR) is 88.5 cm³/mol. The van der Waals surface area contributed by atoms with Crippen LogP contribution in [0.15, 0.2) is 18.2 Å². The first kappa shape index (κ1) is 15.5. The van der Waals surface area contributed by atoms with Gasteiger partial charge in [-0.15, -0.1) is 0 Å². The van der Waals surface area contributed by atoms with E-state index in [1.807, 2.05) is 0 Å². The Morgan fingerprint density at radius 1 is 1.06 bits per heavy atom. The minimum Gasteiger partial charge on any atom is -0.0876 e.